The first kappa shape index (κ1) is 27.0. The zero-order valence-corrected chi connectivity index (χ0v) is 22.7. The topological polar surface area (TPSA) is 17.3 Å². The Kier molecular flexibility index (Phi) is 11.3. The Morgan fingerprint density at radius 3 is 1.29 bits per heavy atom. The van der Waals surface area contributed by atoms with Crippen molar-refractivity contribution in [3.8, 4) is 0 Å². The van der Waals surface area contributed by atoms with Gasteiger partial charge in [-0.15, -0.1) is 0 Å². The maximum Gasteiger partial charge on any atom is 0.0984 e. The molecule has 0 aliphatic heterocycles. The highest BCUT2D eigenvalue weighted by molar-refractivity contribution is 6.12. The van der Waals surface area contributed by atoms with Gasteiger partial charge in [0.2, 0.25) is 0 Å². The van der Waals surface area contributed by atoms with Crippen LogP contribution in [0.5, 0.6) is 0 Å². The highest BCUT2D eigenvalue weighted by Gasteiger charge is 2.22. The zero-order chi connectivity index (χ0) is 24.9. The SMILES string of the molecule is CCCCc1c(CCCC)c(CCCC)n(N=C(c2ccccc2)c2ccccc2)c1CCCC. The van der Waals surface area contributed by atoms with E-state index in [9.17, 15) is 0 Å². The summed E-state index contributed by atoms with van der Waals surface area (Å²) in [5.74, 6) is 0. The van der Waals surface area contributed by atoms with Gasteiger partial charge in [-0.1, -0.05) is 114 Å². The van der Waals surface area contributed by atoms with Crippen molar-refractivity contribution in [3.05, 3.63) is 94.3 Å². The number of hydrogen-bond acceptors (Lipinski definition) is 1. The van der Waals surface area contributed by atoms with Crippen LogP contribution in [0.25, 0.3) is 0 Å². The van der Waals surface area contributed by atoms with Gasteiger partial charge in [-0.2, -0.15) is 5.10 Å². The fourth-order valence-corrected chi connectivity index (χ4v) is 4.96. The third-order valence-corrected chi connectivity index (χ3v) is 6.96. The van der Waals surface area contributed by atoms with E-state index in [0.29, 0.717) is 0 Å². The summed E-state index contributed by atoms with van der Waals surface area (Å²) in [6.45, 7) is 9.23. The average Bonchev–Trinajstić information content (AvgIpc) is 3.18. The van der Waals surface area contributed by atoms with Gasteiger partial charge in [0.1, 0.15) is 0 Å². The van der Waals surface area contributed by atoms with Crippen LogP contribution in [0.15, 0.2) is 65.8 Å². The fourth-order valence-electron chi connectivity index (χ4n) is 4.96. The maximum absolute atomic E-state index is 5.54. The summed E-state index contributed by atoms with van der Waals surface area (Å²) in [6, 6.07) is 21.5. The summed E-state index contributed by atoms with van der Waals surface area (Å²) >= 11 is 0. The summed E-state index contributed by atoms with van der Waals surface area (Å²) in [5, 5.41) is 5.54. The number of rotatable bonds is 15. The molecule has 0 saturated carbocycles. The molecule has 0 aliphatic carbocycles. The lowest BCUT2D eigenvalue weighted by Crippen LogP contribution is -2.11. The quantitative estimate of drug-likeness (QED) is 0.197. The lowest BCUT2D eigenvalue weighted by molar-refractivity contribution is 0.666. The second kappa shape index (κ2) is 14.7. The van der Waals surface area contributed by atoms with Crippen molar-refractivity contribution in [1.82, 2.24) is 4.68 Å². The summed E-state index contributed by atoms with van der Waals surface area (Å²) in [7, 11) is 0. The normalized spacial score (nSPS) is 11.1. The number of unbranched alkanes of at least 4 members (excludes halogenated alkanes) is 4. The minimum atomic E-state index is 1.07. The first-order valence-corrected chi connectivity index (χ1v) is 14.2. The van der Waals surface area contributed by atoms with Crippen LogP contribution >= 0.6 is 0 Å². The summed E-state index contributed by atoms with van der Waals surface area (Å²) < 4.78 is 2.41. The summed E-state index contributed by atoms with van der Waals surface area (Å²) in [5.41, 5.74) is 9.61. The molecule has 0 bridgehead atoms. The van der Waals surface area contributed by atoms with Crippen LogP contribution in [0.3, 0.4) is 0 Å². The lowest BCUT2D eigenvalue weighted by atomic mass is 9.95. The minimum Gasteiger partial charge on any atom is -0.241 e. The van der Waals surface area contributed by atoms with E-state index in [2.05, 4.69) is 93.0 Å². The number of hydrogen-bond donors (Lipinski definition) is 0. The molecule has 0 aliphatic rings. The van der Waals surface area contributed by atoms with Crippen molar-refractivity contribution in [1.29, 1.82) is 0 Å². The molecule has 0 unspecified atom stereocenters. The highest BCUT2D eigenvalue weighted by atomic mass is 15.4. The second-order valence-electron chi connectivity index (χ2n) is 9.76. The van der Waals surface area contributed by atoms with Crippen molar-refractivity contribution < 1.29 is 0 Å². The Labute approximate surface area is 214 Å². The van der Waals surface area contributed by atoms with Crippen LogP contribution in [-0.2, 0) is 25.7 Å². The second-order valence-corrected chi connectivity index (χ2v) is 9.76. The zero-order valence-electron chi connectivity index (χ0n) is 22.7. The maximum atomic E-state index is 5.54. The molecule has 0 radical (unpaired) electrons. The molecule has 3 rings (SSSR count). The third kappa shape index (κ3) is 7.19. The van der Waals surface area contributed by atoms with Gasteiger partial charge in [0.05, 0.1) is 5.71 Å². The van der Waals surface area contributed by atoms with Gasteiger partial charge in [-0.25, -0.2) is 4.68 Å². The summed E-state index contributed by atoms with van der Waals surface area (Å²) in [4.78, 5) is 0. The van der Waals surface area contributed by atoms with Gasteiger partial charge >= 0.3 is 0 Å². The number of nitrogens with zero attached hydrogens (tertiary/aromatic N) is 2. The summed E-state index contributed by atoms with van der Waals surface area (Å²) in [6.07, 6.45) is 14.4. The Hall–Kier alpha value is -2.61. The van der Waals surface area contributed by atoms with Crippen molar-refractivity contribution >= 4 is 5.71 Å². The Balaban J connectivity index is 2.29. The third-order valence-electron chi connectivity index (χ3n) is 6.96. The standard InChI is InChI=1S/C33H46N2/c1-5-9-23-29-30(24-10-6-2)32(26-12-8-4)35(31(29)25-11-7-3)34-33(27-19-15-13-16-20-27)28-21-17-14-18-22-28/h13-22H,5-12,23-26H2,1-4H3. The van der Waals surface area contributed by atoms with Gasteiger partial charge in [-0.3, -0.25) is 0 Å². The first-order chi connectivity index (χ1) is 17.2. The van der Waals surface area contributed by atoms with E-state index >= 15 is 0 Å². The molecule has 1 heterocycles. The molecule has 2 aromatic carbocycles. The molecule has 0 atom stereocenters. The molecular weight excluding hydrogens is 424 g/mol. The van der Waals surface area contributed by atoms with Crippen molar-refractivity contribution in [2.24, 2.45) is 5.10 Å². The van der Waals surface area contributed by atoms with Crippen LogP contribution in [0.4, 0.5) is 0 Å². The average molecular weight is 471 g/mol. The lowest BCUT2D eigenvalue weighted by Gasteiger charge is -2.14. The van der Waals surface area contributed by atoms with Crippen LogP contribution in [0, 0.1) is 0 Å². The minimum absolute atomic E-state index is 1.07. The highest BCUT2D eigenvalue weighted by Crippen LogP contribution is 2.30. The van der Waals surface area contributed by atoms with Crippen LogP contribution in [0.1, 0.15) is 113 Å². The van der Waals surface area contributed by atoms with Crippen LogP contribution in [0.2, 0.25) is 0 Å². The van der Waals surface area contributed by atoms with E-state index < -0.39 is 0 Å². The Bertz CT molecular complexity index is 949. The van der Waals surface area contributed by atoms with Crippen LogP contribution in [-0.4, -0.2) is 10.4 Å². The van der Waals surface area contributed by atoms with Gasteiger partial charge < -0.3 is 0 Å². The van der Waals surface area contributed by atoms with Gasteiger partial charge in [0.15, 0.2) is 0 Å². The smallest absolute Gasteiger partial charge is 0.0984 e. The molecule has 1 aromatic heterocycles. The van der Waals surface area contributed by atoms with Gasteiger partial charge in [0, 0.05) is 22.5 Å². The van der Waals surface area contributed by atoms with Gasteiger partial charge in [0.25, 0.3) is 0 Å². The van der Waals surface area contributed by atoms with E-state index in [1.54, 1.807) is 11.1 Å². The van der Waals surface area contributed by atoms with Gasteiger partial charge in [-0.05, 0) is 62.5 Å². The molecule has 188 valence electrons. The molecule has 0 spiro atoms. The molecule has 0 fully saturated rings. The van der Waals surface area contributed by atoms with E-state index in [4.69, 9.17) is 5.10 Å². The van der Waals surface area contributed by atoms with Crippen LogP contribution < -0.4 is 0 Å². The van der Waals surface area contributed by atoms with E-state index in [0.717, 1.165) is 18.6 Å². The molecular formula is C33H46N2. The Morgan fingerprint density at radius 1 is 0.543 bits per heavy atom. The van der Waals surface area contributed by atoms with E-state index in [1.165, 1.54) is 86.7 Å². The fraction of sp³-hybridized carbons (Fsp3) is 0.485. The Morgan fingerprint density at radius 2 is 0.914 bits per heavy atom. The molecule has 3 aromatic rings. The molecule has 0 amide bonds. The first-order valence-electron chi connectivity index (χ1n) is 14.2. The number of aromatic nitrogens is 1. The molecule has 2 nitrogen and oxygen atoms in total. The molecule has 2 heteroatoms. The van der Waals surface area contributed by atoms with E-state index in [-0.39, 0.29) is 0 Å². The largest absolute Gasteiger partial charge is 0.241 e. The predicted octanol–water partition coefficient (Wildman–Crippen LogP) is 9.16. The van der Waals surface area contributed by atoms with Crippen molar-refractivity contribution in [2.75, 3.05) is 0 Å². The molecule has 35 heavy (non-hydrogen) atoms. The molecule has 0 saturated heterocycles. The predicted molar refractivity (Wildman–Crippen MR) is 153 cm³/mol. The monoisotopic (exact) mass is 470 g/mol. The molecule has 0 N–H and O–H groups in total. The van der Waals surface area contributed by atoms with Crippen molar-refractivity contribution in [3.63, 3.8) is 0 Å². The van der Waals surface area contributed by atoms with Crippen molar-refractivity contribution in [2.45, 2.75) is 105 Å². The number of benzene rings is 2. The van der Waals surface area contributed by atoms with E-state index in [1.807, 2.05) is 0 Å².